The van der Waals surface area contributed by atoms with E-state index in [0.717, 1.165) is 12.3 Å². The van der Waals surface area contributed by atoms with Crippen molar-refractivity contribution in [2.75, 3.05) is 13.7 Å². The molecule has 4 heteroatoms. The minimum Gasteiger partial charge on any atom is -0.475 e. The molecule has 3 aliphatic rings. The second kappa shape index (κ2) is 8.37. The van der Waals surface area contributed by atoms with E-state index >= 15 is 0 Å². The number of fused-ring (bicyclic) bond motifs is 1. The van der Waals surface area contributed by atoms with Crippen molar-refractivity contribution < 1.29 is 4.74 Å². The molecule has 2 aromatic carbocycles. The summed E-state index contributed by atoms with van der Waals surface area (Å²) in [5, 5.41) is 2.71. The van der Waals surface area contributed by atoms with Crippen LogP contribution in [0.2, 0.25) is 0 Å². The Morgan fingerprint density at radius 2 is 1.59 bits per heavy atom. The first-order chi connectivity index (χ1) is 15.4. The fourth-order valence-electron chi connectivity index (χ4n) is 4.68. The van der Waals surface area contributed by atoms with E-state index < -0.39 is 7.92 Å². The highest BCUT2D eigenvalue weighted by molar-refractivity contribution is 7.76. The van der Waals surface area contributed by atoms with Crippen LogP contribution in [0.5, 0.6) is 0 Å². The van der Waals surface area contributed by atoms with Gasteiger partial charge in [-0.05, 0) is 28.0 Å². The molecule has 2 atom stereocenters. The molecule has 1 unspecified atom stereocenters. The standard InChI is InChI=1S/C28H31N2OP/c1-28(2,3)24-19-31-26(29-24)25-22-17-11-12-18-23(22)30(4)27(25)32(20-13-7-5-8-14-20)21-15-9-6-10-16-21/h5-17,23-24H,18-19H2,1-4H3/t23?,24-/m1/s1. The van der Waals surface area contributed by atoms with Gasteiger partial charge in [0.2, 0.25) is 5.90 Å². The topological polar surface area (TPSA) is 24.8 Å². The van der Waals surface area contributed by atoms with Crippen LogP contribution in [-0.4, -0.2) is 36.5 Å². The summed E-state index contributed by atoms with van der Waals surface area (Å²) in [5.41, 5.74) is 3.99. The van der Waals surface area contributed by atoms with Crippen molar-refractivity contribution in [1.82, 2.24) is 4.90 Å². The number of aliphatic imine (C=N–C) groups is 1. The van der Waals surface area contributed by atoms with Crippen molar-refractivity contribution in [3.8, 4) is 0 Å². The summed E-state index contributed by atoms with van der Waals surface area (Å²) in [5.74, 6) is 0.829. The van der Waals surface area contributed by atoms with E-state index in [4.69, 9.17) is 9.73 Å². The van der Waals surface area contributed by atoms with Crippen molar-refractivity contribution in [1.29, 1.82) is 0 Å². The summed E-state index contributed by atoms with van der Waals surface area (Å²) in [6, 6.07) is 22.4. The Kier molecular flexibility index (Phi) is 5.55. The summed E-state index contributed by atoms with van der Waals surface area (Å²) in [6.45, 7) is 7.39. The number of hydrogen-bond donors (Lipinski definition) is 0. The zero-order valence-corrected chi connectivity index (χ0v) is 20.2. The predicted octanol–water partition coefficient (Wildman–Crippen LogP) is 5.37. The average molecular weight is 443 g/mol. The average Bonchev–Trinajstić information content (AvgIpc) is 3.40. The van der Waals surface area contributed by atoms with Gasteiger partial charge >= 0.3 is 0 Å². The predicted molar refractivity (Wildman–Crippen MR) is 136 cm³/mol. The monoisotopic (exact) mass is 442 g/mol. The van der Waals surface area contributed by atoms with E-state index in [-0.39, 0.29) is 11.5 Å². The van der Waals surface area contributed by atoms with Crippen LogP contribution >= 0.6 is 7.92 Å². The van der Waals surface area contributed by atoms with Gasteiger partial charge in [0.1, 0.15) is 6.61 Å². The SMILES string of the molecule is CN1C(P(c2ccccc2)c2ccccc2)=C(C2=N[C@@H](C(C)(C)C)CO2)C2=CC=CCC21. The molecule has 0 saturated heterocycles. The molecular weight excluding hydrogens is 411 g/mol. The van der Waals surface area contributed by atoms with Crippen molar-refractivity contribution in [3.05, 3.63) is 95.5 Å². The highest BCUT2D eigenvalue weighted by Gasteiger charge is 2.43. The van der Waals surface area contributed by atoms with Crippen molar-refractivity contribution in [3.63, 3.8) is 0 Å². The molecule has 0 spiro atoms. The Labute approximate surface area is 193 Å². The summed E-state index contributed by atoms with van der Waals surface area (Å²) in [6.07, 6.45) is 7.74. The van der Waals surface area contributed by atoms with Gasteiger partial charge in [0, 0.05) is 15.0 Å². The largest absolute Gasteiger partial charge is 0.475 e. The fraction of sp³-hybridized carbons (Fsp3) is 0.321. The minimum atomic E-state index is -0.750. The number of nitrogens with zero attached hydrogens (tertiary/aromatic N) is 2. The van der Waals surface area contributed by atoms with Crippen LogP contribution in [0.1, 0.15) is 27.2 Å². The molecule has 0 aromatic heterocycles. The molecule has 2 aromatic rings. The van der Waals surface area contributed by atoms with E-state index in [9.17, 15) is 0 Å². The molecule has 3 nitrogen and oxygen atoms in total. The van der Waals surface area contributed by atoms with Crippen LogP contribution in [0, 0.1) is 5.41 Å². The second-order valence-electron chi connectivity index (χ2n) is 9.74. The third-order valence-corrected chi connectivity index (χ3v) is 9.14. The molecule has 0 N–H and O–H groups in total. The number of hydrogen-bond acceptors (Lipinski definition) is 3. The van der Waals surface area contributed by atoms with E-state index in [1.807, 2.05) is 0 Å². The van der Waals surface area contributed by atoms with E-state index in [0.29, 0.717) is 12.6 Å². The van der Waals surface area contributed by atoms with Crippen LogP contribution in [0.4, 0.5) is 0 Å². The molecule has 2 heterocycles. The van der Waals surface area contributed by atoms with Crippen LogP contribution in [-0.2, 0) is 4.74 Å². The Morgan fingerprint density at radius 3 is 2.16 bits per heavy atom. The number of allylic oxidation sites excluding steroid dienone is 2. The highest BCUT2D eigenvalue weighted by atomic mass is 31.1. The zero-order valence-electron chi connectivity index (χ0n) is 19.3. The van der Waals surface area contributed by atoms with E-state index in [1.165, 1.54) is 27.2 Å². The van der Waals surface area contributed by atoms with Gasteiger partial charge in [-0.25, -0.2) is 4.99 Å². The molecule has 0 saturated carbocycles. The van der Waals surface area contributed by atoms with Crippen molar-refractivity contribution in [2.24, 2.45) is 10.4 Å². The second-order valence-corrected chi connectivity index (χ2v) is 11.9. The van der Waals surface area contributed by atoms with Crippen molar-refractivity contribution >= 4 is 24.4 Å². The molecular formula is C28H31N2OP. The maximum absolute atomic E-state index is 6.34. The molecule has 5 rings (SSSR count). The van der Waals surface area contributed by atoms with Gasteiger partial charge in [0.05, 0.1) is 23.1 Å². The lowest BCUT2D eigenvalue weighted by Gasteiger charge is -2.31. The third kappa shape index (κ3) is 3.73. The lowest BCUT2D eigenvalue weighted by Crippen LogP contribution is -2.29. The van der Waals surface area contributed by atoms with Crippen molar-refractivity contribution in [2.45, 2.75) is 39.3 Å². The number of rotatable bonds is 4. The highest BCUT2D eigenvalue weighted by Crippen LogP contribution is 2.53. The normalized spacial score (nSPS) is 22.7. The van der Waals surface area contributed by atoms with Crippen LogP contribution < -0.4 is 10.6 Å². The van der Waals surface area contributed by atoms with Crippen LogP contribution in [0.3, 0.4) is 0 Å². The first-order valence-corrected chi connectivity index (χ1v) is 12.7. The lowest BCUT2D eigenvalue weighted by atomic mass is 9.88. The minimum absolute atomic E-state index is 0.0802. The van der Waals surface area contributed by atoms with Crippen LogP contribution in [0.25, 0.3) is 0 Å². The van der Waals surface area contributed by atoms with Gasteiger partial charge in [-0.15, -0.1) is 0 Å². The fourth-order valence-corrected chi connectivity index (χ4v) is 7.31. The first kappa shape index (κ1) is 21.2. The Hall–Kier alpha value is -2.64. The van der Waals surface area contributed by atoms with Gasteiger partial charge in [-0.3, -0.25) is 0 Å². The number of ether oxygens (including phenoxy) is 1. The Morgan fingerprint density at radius 1 is 0.969 bits per heavy atom. The van der Waals surface area contributed by atoms with E-state index in [1.54, 1.807) is 0 Å². The summed E-state index contributed by atoms with van der Waals surface area (Å²) in [4.78, 5) is 7.63. The van der Waals surface area contributed by atoms with Gasteiger partial charge in [0.25, 0.3) is 0 Å². The third-order valence-electron chi connectivity index (χ3n) is 6.55. The lowest BCUT2D eigenvalue weighted by molar-refractivity contribution is 0.235. The molecule has 164 valence electrons. The number of benzene rings is 2. The maximum Gasteiger partial charge on any atom is 0.219 e. The molecule has 1 aliphatic carbocycles. The molecule has 0 fully saturated rings. The molecule has 2 aliphatic heterocycles. The quantitative estimate of drug-likeness (QED) is 0.595. The molecule has 0 amide bonds. The van der Waals surface area contributed by atoms with E-state index in [2.05, 4.69) is 112 Å². The first-order valence-electron chi connectivity index (χ1n) is 11.4. The van der Waals surface area contributed by atoms with Gasteiger partial charge < -0.3 is 9.64 Å². The summed E-state index contributed by atoms with van der Waals surface area (Å²) in [7, 11) is 1.50. The van der Waals surface area contributed by atoms with Gasteiger partial charge in [0.15, 0.2) is 0 Å². The molecule has 32 heavy (non-hydrogen) atoms. The van der Waals surface area contributed by atoms with Gasteiger partial charge in [-0.1, -0.05) is 99.7 Å². The summed E-state index contributed by atoms with van der Waals surface area (Å²) < 4.78 is 6.34. The zero-order chi connectivity index (χ0) is 22.3. The van der Waals surface area contributed by atoms with Gasteiger partial charge in [-0.2, -0.15) is 0 Å². The van der Waals surface area contributed by atoms with Crippen LogP contribution in [0.15, 0.2) is 100 Å². The maximum atomic E-state index is 6.34. The Bertz CT molecular complexity index is 1070. The summed E-state index contributed by atoms with van der Waals surface area (Å²) >= 11 is 0. The Balaban J connectivity index is 1.73. The number of likely N-dealkylation sites (N-methyl/N-ethyl adjacent to an activating group) is 1. The smallest absolute Gasteiger partial charge is 0.219 e. The molecule has 0 bridgehead atoms. The molecule has 0 radical (unpaired) electrons.